The zero-order chi connectivity index (χ0) is 8.85. The van der Waals surface area contributed by atoms with Crippen LogP contribution < -0.4 is 0 Å². The molecule has 0 rings (SSSR count). The van der Waals surface area contributed by atoms with Crippen molar-refractivity contribution in [2.45, 2.75) is 45.8 Å². The van der Waals surface area contributed by atoms with E-state index in [-0.39, 0.29) is 12.4 Å². The summed E-state index contributed by atoms with van der Waals surface area (Å²) in [4.78, 5) is 2.60. The van der Waals surface area contributed by atoms with Crippen molar-refractivity contribution in [1.82, 2.24) is 4.90 Å². The molecule has 0 spiro atoms. The summed E-state index contributed by atoms with van der Waals surface area (Å²) >= 11 is 0. The second-order valence-electron chi connectivity index (χ2n) is 3.78. The molecule has 0 N–H and O–H groups in total. The van der Waals surface area contributed by atoms with E-state index in [0.29, 0.717) is 9.04 Å². The Morgan fingerprint density at radius 2 is 1.58 bits per heavy atom. The predicted octanol–water partition coefficient (Wildman–Crippen LogP) is 0.395. The average molecular weight is 226 g/mol. The Morgan fingerprint density at radius 3 is 1.83 bits per heavy atom. The summed E-state index contributed by atoms with van der Waals surface area (Å²) < 4.78 is 0. The van der Waals surface area contributed by atoms with Crippen LogP contribution in [0, 0.1) is 0 Å². The first-order valence-corrected chi connectivity index (χ1v) is 11.5. The third-order valence-corrected chi connectivity index (χ3v) is 5.24. The van der Waals surface area contributed by atoms with Gasteiger partial charge in [0.2, 0.25) is 0 Å². The van der Waals surface area contributed by atoms with Gasteiger partial charge >= 0.3 is 0 Å². The highest BCUT2D eigenvalue weighted by molar-refractivity contribution is 6.89. The van der Waals surface area contributed by atoms with Crippen LogP contribution in [-0.4, -0.2) is 42.3 Å². The molecule has 0 amide bonds. The Balaban J connectivity index is 0. The van der Waals surface area contributed by atoms with E-state index in [4.69, 9.17) is 0 Å². The van der Waals surface area contributed by atoms with Gasteiger partial charge < -0.3 is 0 Å². The minimum Gasteiger partial charge on any atom is -0.299 e. The molecule has 4 heteroatoms. The highest BCUT2D eigenvalue weighted by Gasteiger charge is 2.11. The van der Waals surface area contributed by atoms with Crippen LogP contribution in [0.15, 0.2) is 0 Å². The van der Waals surface area contributed by atoms with Gasteiger partial charge in [0.15, 0.2) is 0 Å². The molecule has 0 saturated heterocycles. The maximum absolute atomic E-state index is 2.60. The molecule has 0 aliphatic carbocycles. The quantitative estimate of drug-likeness (QED) is 0.613. The molecule has 0 aliphatic heterocycles. The molecule has 0 aromatic rings. The fraction of sp³-hybridized carbons (Fsp3) is 1.00. The van der Waals surface area contributed by atoms with Crippen molar-refractivity contribution < 1.29 is 0 Å². The lowest BCUT2D eigenvalue weighted by Crippen LogP contribution is -2.37. The summed E-state index contributed by atoms with van der Waals surface area (Å²) in [7, 11) is 1.90. The van der Waals surface area contributed by atoms with Crippen molar-refractivity contribution in [1.29, 1.82) is 0 Å². The van der Waals surface area contributed by atoms with Gasteiger partial charge in [-0.05, 0) is 44.0 Å². The van der Waals surface area contributed by atoms with Crippen molar-refractivity contribution >= 4 is 31.2 Å². The van der Waals surface area contributed by atoms with Crippen LogP contribution in [0.3, 0.4) is 0 Å². The van der Waals surface area contributed by atoms with E-state index in [0.717, 1.165) is 12.1 Å². The monoisotopic (exact) mass is 225 g/mol. The van der Waals surface area contributed by atoms with Crippen LogP contribution in [0.5, 0.6) is 0 Å². The number of nitrogens with zero attached hydrogens (tertiary/aromatic N) is 1. The van der Waals surface area contributed by atoms with Gasteiger partial charge in [-0.1, -0.05) is 6.04 Å². The van der Waals surface area contributed by atoms with Gasteiger partial charge in [-0.25, -0.2) is 0 Å². The van der Waals surface area contributed by atoms with Crippen LogP contribution in [-0.2, 0) is 0 Å². The minimum atomic E-state index is 0. The lowest BCUT2D eigenvalue weighted by molar-refractivity contribution is 0.185. The Kier molecular flexibility index (Phi) is 10.5. The number of hydrogen-bond acceptors (Lipinski definition) is 1. The van der Waals surface area contributed by atoms with Gasteiger partial charge in [0.05, 0.1) is 0 Å². The summed E-state index contributed by atoms with van der Waals surface area (Å²) in [5, 5.41) is 0. The highest BCUT2D eigenvalue weighted by atomic mass is 35.5. The SMILES string of the molecule is CC(C)N(CC[SiH2][SiH3])C(C)C.Cl. The summed E-state index contributed by atoms with van der Waals surface area (Å²) in [6, 6.07) is 3.00. The molecule has 0 heterocycles. The summed E-state index contributed by atoms with van der Waals surface area (Å²) in [5.41, 5.74) is 0. The molecule has 0 radical (unpaired) electrons. The van der Waals surface area contributed by atoms with Crippen molar-refractivity contribution in [3.8, 4) is 0 Å². The lowest BCUT2D eigenvalue weighted by atomic mass is 10.2. The Hall–Kier alpha value is 0.684. The van der Waals surface area contributed by atoms with E-state index in [1.807, 2.05) is 0 Å². The normalized spacial score (nSPS) is 12.2. The van der Waals surface area contributed by atoms with Crippen molar-refractivity contribution in [2.75, 3.05) is 6.54 Å². The molecule has 0 atom stereocenters. The van der Waals surface area contributed by atoms with Crippen LogP contribution in [0.25, 0.3) is 0 Å². The van der Waals surface area contributed by atoms with Crippen molar-refractivity contribution in [2.24, 2.45) is 0 Å². The van der Waals surface area contributed by atoms with Gasteiger partial charge in [0.1, 0.15) is 0 Å². The van der Waals surface area contributed by atoms with E-state index in [1.165, 1.54) is 22.3 Å². The third-order valence-electron chi connectivity index (χ3n) is 2.10. The lowest BCUT2D eigenvalue weighted by Gasteiger charge is -2.30. The molecule has 1 nitrogen and oxygen atoms in total. The average Bonchev–Trinajstić information content (AvgIpc) is 1.87. The fourth-order valence-corrected chi connectivity index (χ4v) is 3.08. The maximum atomic E-state index is 2.60. The second kappa shape index (κ2) is 8.29. The van der Waals surface area contributed by atoms with Crippen LogP contribution in [0.4, 0.5) is 0 Å². The first kappa shape index (κ1) is 15.2. The molecule has 0 aliphatic rings. The van der Waals surface area contributed by atoms with Gasteiger partial charge in [0.25, 0.3) is 0 Å². The molecule has 0 unspecified atom stereocenters. The topological polar surface area (TPSA) is 3.24 Å². The molecular weight excluding hydrogens is 202 g/mol. The maximum Gasteiger partial charge on any atom is 0.00573 e. The van der Waals surface area contributed by atoms with Crippen molar-refractivity contribution in [3.63, 3.8) is 0 Å². The first-order valence-electron chi connectivity index (χ1n) is 4.85. The van der Waals surface area contributed by atoms with Gasteiger partial charge in [0, 0.05) is 21.1 Å². The molecule has 12 heavy (non-hydrogen) atoms. The molecule has 0 aromatic heterocycles. The van der Waals surface area contributed by atoms with E-state index in [2.05, 4.69) is 32.6 Å². The molecule has 0 aromatic carbocycles. The van der Waals surface area contributed by atoms with Crippen LogP contribution >= 0.6 is 12.4 Å². The third kappa shape index (κ3) is 6.23. The highest BCUT2D eigenvalue weighted by Crippen LogP contribution is 2.04. The van der Waals surface area contributed by atoms with E-state index >= 15 is 0 Å². The summed E-state index contributed by atoms with van der Waals surface area (Å²) in [6.45, 7) is 10.6. The van der Waals surface area contributed by atoms with E-state index < -0.39 is 0 Å². The number of rotatable bonds is 5. The Labute approximate surface area is 88.7 Å². The van der Waals surface area contributed by atoms with Gasteiger partial charge in [-0.2, -0.15) is 0 Å². The predicted molar refractivity (Wildman–Crippen MR) is 67.5 cm³/mol. The fourth-order valence-electron chi connectivity index (χ4n) is 1.45. The van der Waals surface area contributed by atoms with Crippen molar-refractivity contribution in [3.05, 3.63) is 0 Å². The zero-order valence-electron chi connectivity index (χ0n) is 9.13. The second-order valence-corrected chi connectivity index (χ2v) is 8.49. The molecule has 0 fully saturated rings. The Bertz CT molecular complexity index is 91.1. The van der Waals surface area contributed by atoms with E-state index in [9.17, 15) is 0 Å². The minimum absolute atomic E-state index is 0. The van der Waals surface area contributed by atoms with Gasteiger partial charge in [-0.15, -0.1) is 12.4 Å². The molecule has 0 bridgehead atoms. The molecule has 0 saturated carbocycles. The first-order chi connectivity index (χ1) is 5.09. The molecule has 76 valence electrons. The zero-order valence-corrected chi connectivity index (χ0v) is 13.4. The van der Waals surface area contributed by atoms with Crippen LogP contribution in [0.2, 0.25) is 6.04 Å². The smallest absolute Gasteiger partial charge is 0.00573 e. The Morgan fingerprint density at radius 1 is 1.17 bits per heavy atom. The van der Waals surface area contributed by atoms with Crippen LogP contribution in [0.1, 0.15) is 27.7 Å². The number of halogens is 1. The summed E-state index contributed by atoms with van der Waals surface area (Å²) in [6.07, 6.45) is 0. The van der Waals surface area contributed by atoms with E-state index in [1.54, 1.807) is 0 Å². The molecular formula is C8H24ClNSi2. The number of hydrogen-bond donors (Lipinski definition) is 0. The summed E-state index contributed by atoms with van der Waals surface area (Å²) in [5.74, 6) is 0. The largest absolute Gasteiger partial charge is 0.299 e. The van der Waals surface area contributed by atoms with Gasteiger partial charge in [-0.3, -0.25) is 4.90 Å². The standard InChI is InChI=1S/C8H23NSi2.ClH/c1-7(2)9(8(3)4)5-6-11-10;/h7-8H,5-6,11H2,1-4,10H3;1H.